The van der Waals surface area contributed by atoms with Crippen LogP contribution in [0.4, 0.5) is 14.3 Å². The molecule has 2 aromatic rings. The number of amides is 2. The quantitative estimate of drug-likeness (QED) is 0.898. The standard InChI is InChI=1S/C15H17FN4O2S/c16-11-4-1-3-10(7-11)8-13-18-19-14(23-13)17-15(22)20-6-2-5-12(20)9-21/h1,3-4,7,12,21H,2,5-6,8-9H2,(H,17,19,22)/t12-/m0/s1. The number of urea groups is 1. The van der Waals surface area contributed by atoms with Crippen LogP contribution in [0.1, 0.15) is 23.4 Å². The summed E-state index contributed by atoms with van der Waals surface area (Å²) < 4.78 is 13.2. The van der Waals surface area contributed by atoms with Gasteiger partial charge in [0, 0.05) is 13.0 Å². The van der Waals surface area contributed by atoms with E-state index in [4.69, 9.17) is 0 Å². The largest absolute Gasteiger partial charge is 0.394 e. The van der Waals surface area contributed by atoms with E-state index in [0.29, 0.717) is 23.1 Å². The topological polar surface area (TPSA) is 78.4 Å². The average molecular weight is 336 g/mol. The molecule has 2 N–H and O–H groups in total. The number of likely N-dealkylation sites (tertiary alicyclic amines) is 1. The summed E-state index contributed by atoms with van der Waals surface area (Å²) in [7, 11) is 0. The number of aliphatic hydroxyl groups excluding tert-OH is 1. The summed E-state index contributed by atoms with van der Waals surface area (Å²) in [6, 6.07) is 5.92. The van der Waals surface area contributed by atoms with E-state index in [1.165, 1.54) is 23.5 Å². The van der Waals surface area contributed by atoms with Gasteiger partial charge in [-0.05, 0) is 30.5 Å². The first kappa shape index (κ1) is 15.8. The van der Waals surface area contributed by atoms with Crippen molar-refractivity contribution in [3.8, 4) is 0 Å². The van der Waals surface area contributed by atoms with Crippen LogP contribution in [0.15, 0.2) is 24.3 Å². The minimum atomic E-state index is -0.287. The van der Waals surface area contributed by atoms with Gasteiger partial charge in [0.2, 0.25) is 5.13 Å². The third-order valence-corrected chi connectivity index (χ3v) is 4.61. The number of benzene rings is 1. The molecule has 23 heavy (non-hydrogen) atoms. The van der Waals surface area contributed by atoms with Crippen LogP contribution in [0.2, 0.25) is 0 Å². The molecule has 0 bridgehead atoms. The summed E-state index contributed by atoms with van der Waals surface area (Å²) in [6.07, 6.45) is 2.17. The second-order valence-electron chi connectivity index (χ2n) is 5.41. The summed E-state index contributed by atoms with van der Waals surface area (Å²) in [6.45, 7) is 0.598. The first-order chi connectivity index (χ1) is 11.2. The van der Waals surface area contributed by atoms with Gasteiger partial charge >= 0.3 is 6.03 Å². The van der Waals surface area contributed by atoms with Crippen LogP contribution >= 0.6 is 11.3 Å². The number of carbonyl (C=O) groups is 1. The normalized spacial score (nSPS) is 17.5. The first-order valence-electron chi connectivity index (χ1n) is 7.41. The van der Waals surface area contributed by atoms with Gasteiger partial charge in [-0.2, -0.15) is 0 Å². The number of aliphatic hydroxyl groups is 1. The minimum Gasteiger partial charge on any atom is -0.394 e. The fourth-order valence-corrected chi connectivity index (χ4v) is 3.42. The lowest BCUT2D eigenvalue weighted by molar-refractivity contribution is 0.166. The highest BCUT2D eigenvalue weighted by Gasteiger charge is 2.28. The lowest BCUT2D eigenvalue weighted by Crippen LogP contribution is -2.40. The van der Waals surface area contributed by atoms with Crippen molar-refractivity contribution < 1.29 is 14.3 Å². The Hall–Kier alpha value is -2.06. The van der Waals surface area contributed by atoms with Crippen molar-refractivity contribution in [3.05, 3.63) is 40.7 Å². The molecule has 0 radical (unpaired) electrons. The van der Waals surface area contributed by atoms with Gasteiger partial charge in [0.1, 0.15) is 10.8 Å². The maximum absolute atomic E-state index is 13.2. The van der Waals surface area contributed by atoms with Gasteiger partial charge in [-0.1, -0.05) is 23.5 Å². The van der Waals surface area contributed by atoms with E-state index in [0.717, 1.165) is 18.4 Å². The molecule has 1 aromatic carbocycles. The Kier molecular flexibility index (Phi) is 4.82. The second-order valence-corrected chi connectivity index (χ2v) is 6.47. The van der Waals surface area contributed by atoms with Gasteiger partial charge in [0.25, 0.3) is 0 Å². The van der Waals surface area contributed by atoms with Crippen molar-refractivity contribution in [2.45, 2.75) is 25.3 Å². The Morgan fingerprint density at radius 3 is 3.13 bits per heavy atom. The molecule has 3 rings (SSSR count). The van der Waals surface area contributed by atoms with E-state index >= 15 is 0 Å². The van der Waals surface area contributed by atoms with E-state index in [9.17, 15) is 14.3 Å². The number of halogens is 1. The van der Waals surface area contributed by atoms with Crippen LogP contribution in [0, 0.1) is 5.82 Å². The number of rotatable bonds is 4. The van der Waals surface area contributed by atoms with Crippen LogP contribution < -0.4 is 5.32 Å². The molecular formula is C15H17FN4O2S. The molecule has 6 nitrogen and oxygen atoms in total. The number of hydrogen-bond donors (Lipinski definition) is 2. The number of nitrogens with zero attached hydrogens (tertiary/aromatic N) is 3. The Labute approximate surface area is 137 Å². The smallest absolute Gasteiger partial charge is 0.324 e. The predicted octanol–water partition coefficient (Wildman–Crippen LogP) is 2.26. The van der Waals surface area contributed by atoms with Gasteiger partial charge in [-0.25, -0.2) is 9.18 Å². The van der Waals surface area contributed by atoms with Crippen LogP contribution in [0.5, 0.6) is 0 Å². The molecule has 2 amide bonds. The molecule has 1 atom stereocenters. The molecule has 0 spiro atoms. The maximum atomic E-state index is 13.2. The van der Waals surface area contributed by atoms with E-state index in [2.05, 4.69) is 15.5 Å². The van der Waals surface area contributed by atoms with Crippen molar-refractivity contribution in [2.24, 2.45) is 0 Å². The van der Waals surface area contributed by atoms with Crippen molar-refractivity contribution in [2.75, 3.05) is 18.5 Å². The summed E-state index contributed by atoms with van der Waals surface area (Å²) in [5.41, 5.74) is 0.805. The number of nitrogens with one attached hydrogen (secondary N) is 1. The number of carbonyl (C=O) groups excluding carboxylic acids is 1. The van der Waals surface area contributed by atoms with Crippen LogP contribution in [0.25, 0.3) is 0 Å². The van der Waals surface area contributed by atoms with Gasteiger partial charge in [-0.15, -0.1) is 10.2 Å². The Balaban J connectivity index is 1.62. The van der Waals surface area contributed by atoms with E-state index in [1.54, 1.807) is 11.0 Å². The van der Waals surface area contributed by atoms with Crippen LogP contribution in [-0.2, 0) is 6.42 Å². The predicted molar refractivity (Wildman–Crippen MR) is 84.9 cm³/mol. The Morgan fingerprint density at radius 2 is 2.35 bits per heavy atom. The average Bonchev–Trinajstić information content (AvgIpc) is 3.16. The third kappa shape index (κ3) is 3.83. The highest BCUT2D eigenvalue weighted by atomic mass is 32.1. The van der Waals surface area contributed by atoms with Gasteiger partial charge < -0.3 is 10.0 Å². The van der Waals surface area contributed by atoms with Crippen molar-refractivity contribution in [3.63, 3.8) is 0 Å². The fourth-order valence-electron chi connectivity index (χ4n) is 2.65. The zero-order valence-electron chi connectivity index (χ0n) is 12.4. The van der Waals surface area contributed by atoms with Gasteiger partial charge in [0.15, 0.2) is 0 Å². The molecule has 1 aromatic heterocycles. The summed E-state index contributed by atoms with van der Waals surface area (Å²) in [5, 5.41) is 21.1. The second kappa shape index (κ2) is 7.01. The zero-order valence-corrected chi connectivity index (χ0v) is 13.2. The molecule has 0 saturated carbocycles. The van der Waals surface area contributed by atoms with Crippen LogP contribution in [0.3, 0.4) is 0 Å². The summed E-state index contributed by atoms with van der Waals surface area (Å²) in [5.74, 6) is -0.287. The van der Waals surface area contributed by atoms with Gasteiger partial charge in [0.05, 0.1) is 12.6 Å². The van der Waals surface area contributed by atoms with Crippen molar-refractivity contribution in [1.29, 1.82) is 0 Å². The lowest BCUT2D eigenvalue weighted by Gasteiger charge is -2.22. The fraction of sp³-hybridized carbons (Fsp3) is 0.400. The highest BCUT2D eigenvalue weighted by molar-refractivity contribution is 7.15. The SMILES string of the molecule is O=C(Nc1nnc(Cc2cccc(F)c2)s1)N1CCC[C@H]1CO. The summed E-state index contributed by atoms with van der Waals surface area (Å²) >= 11 is 1.26. The highest BCUT2D eigenvalue weighted by Crippen LogP contribution is 2.22. The van der Waals surface area contributed by atoms with E-state index < -0.39 is 0 Å². The van der Waals surface area contributed by atoms with Crippen molar-refractivity contribution >= 4 is 22.5 Å². The molecular weight excluding hydrogens is 319 g/mol. The van der Waals surface area contributed by atoms with Gasteiger partial charge in [-0.3, -0.25) is 5.32 Å². The summed E-state index contributed by atoms with van der Waals surface area (Å²) in [4.78, 5) is 13.8. The molecule has 122 valence electrons. The molecule has 0 unspecified atom stereocenters. The Bertz CT molecular complexity index is 694. The minimum absolute atomic E-state index is 0.0334. The third-order valence-electron chi connectivity index (χ3n) is 3.77. The lowest BCUT2D eigenvalue weighted by atomic mass is 10.1. The first-order valence-corrected chi connectivity index (χ1v) is 8.22. The van der Waals surface area contributed by atoms with E-state index in [-0.39, 0.29) is 24.5 Å². The molecule has 1 fully saturated rings. The molecule has 2 heterocycles. The number of aromatic nitrogens is 2. The van der Waals surface area contributed by atoms with Crippen LogP contribution in [-0.4, -0.2) is 45.4 Å². The van der Waals surface area contributed by atoms with E-state index in [1.807, 2.05) is 6.07 Å². The Morgan fingerprint density at radius 1 is 1.48 bits per heavy atom. The molecule has 0 aliphatic carbocycles. The number of hydrogen-bond acceptors (Lipinski definition) is 5. The number of anilines is 1. The molecule has 8 heteroatoms. The monoisotopic (exact) mass is 336 g/mol. The zero-order chi connectivity index (χ0) is 16.2. The van der Waals surface area contributed by atoms with Crippen molar-refractivity contribution in [1.82, 2.24) is 15.1 Å². The molecule has 1 aliphatic rings. The molecule has 1 saturated heterocycles. The maximum Gasteiger partial charge on any atom is 0.324 e. The molecule has 1 aliphatic heterocycles.